The molecular formula is C10H7BrFNS. The first kappa shape index (κ1) is 9.80. The molecule has 0 aliphatic heterocycles. The third-order valence-electron chi connectivity index (χ3n) is 1.89. The largest absolute Gasteiger partial charge is 0.229 e. The molecule has 0 fully saturated rings. The Morgan fingerprint density at radius 3 is 2.79 bits per heavy atom. The second kappa shape index (κ2) is 3.79. The molecule has 1 nitrogen and oxygen atoms in total. The van der Waals surface area contributed by atoms with Crippen molar-refractivity contribution >= 4 is 27.3 Å². The number of nitrogens with zero attached hydrogens (tertiary/aromatic N) is 1. The highest BCUT2D eigenvalue weighted by Crippen LogP contribution is 2.27. The number of thiazole rings is 1. The molecule has 0 radical (unpaired) electrons. The van der Waals surface area contributed by atoms with Gasteiger partial charge in [-0.05, 0) is 34.5 Å². The third-order valence-corrected chi connectivity index (χ3v) is 3.50. The van der Waals surface area contributed by atoms with Crippen molar-refractivity contribution in [1.82, 2.24) is 4.98 Å². The normalized spacial score (nSPS) is 10.5. The summed E-state index contributed by atoms with van der Waals surface area (Å²) < 4.78 is 14.0. The maximum Gasteiger partial charge on any atom is 0.126 e. The molecule has 72 valence electrons. The van der Waals surface area contributed by atoms with Crippen LogP contribution >= 0.6 is 27.3 Å². The van der Waals surface area contributed by atoms with Gasteiger partial charge in [0.1, 0.15) is 15.4 Å². The molecule has 2 aromatic rings. The second-order valence-electron chi connectivity index (χ2n) is 2.94. The summed E-state index contributed by atoms with van der Waals surface area (Å²) in [4.78, 5) is 4.22. The summed E-state index contributed by atoms with van der Waals surface area (Å²) in [5.41, 5.74) is 1.48. The molecule has 0 saturated heterocycles. The van der Waals surface area contributed by atoms with Crippen molar-refractivity contribution in [3.8, 4) is 10.6 Å². The zero-order chi connectivity index (χ0) is 10.1. The molecule has 1 aromatic heterocycles. The van der Waals surface area contributed by atoms with Gasteiger partial charge in [-0.3, -0.25) is 0 Å². The molecule has 4 heteroatoms. The topological polar surface area (TPSA) is 12.9 Å². The van der Waals surface area contributed by atoms with Crippen molar-refractivity contribution in [1.29, 1.82) is 0 Å². The van der Waals surface area contributed by atoms with Gasteiger partial charge in [0.25, 0.3) is 0 Å². The van der Waals surface area contributed by atoms with Crippen LogP contribution in [0.25, 0.3) is 10.6 Å². The Balaban J connectivity index is 2.47. The molecular weight excluding hydrogens is 265 g/mol. The fraction of sp³-hybridized carbons (Fsp3) is 0.100. The Labute approximate surface area is 93.7 Å². The van der Waals surface area contributed by atoms with Gasteiger partial charge in [0.15, 0.2) is 0 Å². The van der Waals surface area contributed by atoms with Crippen LogP contribution in [0.4, 0.5) is 4.39 Å². The summed E-state index contributed by atoms with van der Waals surface area (Å²) in [7, 11) is 0. The first-order valence-corrected chi connectivity index (χ1v) is 5.71. The maximum absolute atomic E-state index is 13.2. The SMILES string of the molecule is Cc1ccc(-c2nc(Br)cs2)cc1F. The van der Waals surface area contributed by atoms with Gasteiger partial charge >= 0.3 is 0 Å². The smallest absolute Gasteiger partial charge is 0.126 e. The summed E-state index contributed by atoms with van der Waals surface area (Å²) in [5, 5.41) is 2.71. The summed E-state index contributed by atoms with van der Waals surface area (Å²) >= 11 is 4.76. The summed E-state index contributed by atoms with van der Waals surface area (Å²) in [6.45, 7) is 1.75. The minimum absolute atomic E-state index is 0.186. The Morgan fingerprint density at radius 1 is 1.43 bits per heavy atom. The van der Waals surface area contributed by atoms with Gasteiger partial charge in [-0.1, -0.05) is 12.1 Å². The molecule has 0 amide bonds. The molecule has 0 atom stereocenters. The number of aromatic nitrogens is 1. The highest BCUT2D eigenvalue weighted by molar-refractivity contribution is 9.10. The van der Waals surface area contributed by atoms with Crippen LogP contribution in [0.3, 0.4) is 0 Å². The molecule has 0 N–H and O–H groups in total. The monoisotopic (exact) mass is 271 g/mol. The van der Waals surface area contributed by atoms with E-state index in [0.717, 1.165) is 15.2 Å². The lowest BCUT2D eigenvalue weighted by Gasteiger charge is -1.98. The van der Waals surface area contributed by atoms with Gasteiger partial charge in [-0.15, -0.1) is 11.3 Å². The van der Waals surface area contributed by atoms with E-state index in [1.165, 1.54) is 17.4 Å². The van der Waals surface area contributed by atoms with Gasteiger partial charge in [0.05, 0.1) is 0 Å². The lowest BCUT2D eigenvalue weighted by Crippen LogP contribution is -1.83. The quantitative estimate of drug-likeness (QED) is 0.764. The molecule has 0 aliphatic carbocycles. The Morgan fingerprint density at radius 2 is 2.21 bits per heavy atom. The van der Waals surface area contributed by atoms with E-state index in [1.54, 1.807) is 13.0 Å². The lowest BCUT2D eigenvalue weighted by atomic mass is 10.1. The highest BCUT2D eigenvalue weighted by Gasteiger charge is 2.05. The van der Waals surface area contributed by atoms with Crippen molar-refractivity contribution in [3.05, 3.63) is 39.6 Å². The number of hydrogen-bond donors (Lipinski definition) is 0. The summed E-state index contributed by atoms with van der Waals surface area (Å²) in [6.07, 6.45) is 0. The van der Waals surface area contributed by atoms with Crippen molar-refractivity contribution in [2.75, 3.05) is 0 Å². The van der Waals surface area contributed by atoms with Crippen LogP contribution in [-0.2, 0) is 0 Å². The molecule has 0 bridgehead atoms. The van der Waals surface area contributed by atoms with Crippen LogP contribution in [0.15, 0.2) is 28.2 Å². The first-order chi connectivity index (χ1) is 6.66. The molecule has 0 saturated carbocycles. The average molecular weight is 272 g/mol. The van der Waals surface area contributed by atoms with E-state index < -0.39 is 0 Å². The molecule has 0 unspecified atom stereocenters. The minimum Gasteiger partial charge on any atom is -0.229 e. The van der Waals surface area contributed by atoms with Crippen molar-refractivity contribution in [2.24, 2.45) is 0 Å². The summed E-state index contributed by atoms with van der Waals surface area (Å²) in [6, 6.07) is 5.16. The van der Waals surface area contributed by atoms with E-state index in [4.69, 9.17) is 0 Å². The lowest BCUT2D eigenvalue weighted by molar-refractivity contribution is 0.619. The van der Waals surface area contributed by atoms with E-state index in [9.17, 15) is 4.39 Å². The van der Waals surface area contributed by atoms with Gasteiger partial charge in [0.2, 0.25) is 0 Å². The molecule has 0 aliphatic rings. The molecule has 1 aromatic carbocycles. The standard InChI is InChI=1S/C10H7BrFNS/c1-6-2-3-7(4-8(6)12)10-13-9(11)5-14-10/h2-5H,1H3. The number of hydrogen-bond acceptors (Lipinski definition) is 2. The fourth-order valence-corrected chi connectivity index (χ4v) is 2.36. The van der Waals surface area contributed by atoms with Gasteiger partial charge in [-0.25, -0.2) is 9.37 Å². The first-order valence-electron chi connectivity index (χ1n) is 4.04. The Kier molecular flexibility index (Phi) is 2.65. The van der Waals surface area contributed by atoms with E-state index in [-0.39, 0.29) is 5.82 Å². The third kappa shape index (κ3) is 1.86. The van der Waals surface area contributed by atoms with E-state index >= 15 is 0 Å². The fourth-order valence-electron chi connectivity index (χ4n) is 1.11. The van der Waals surface area contributed by atoms with Crippen molar-refractivity contribution in [2.45, 2.75) is 6.92 Å². The Bertz CT molecular complexity index is 467. The van der Waals surface area contributed by atoms with Crippen LogP contribution in [-0.4, -0.2) is 4.98 Å². The van der Waals surface area contributed by atoms with Crippen LogP contribution in [0, 0.1) is 12.7 Å². The van der Waals surface area contributed by atoms with Gasteiger partial charge < -0.3 is 0 Å². The molecule has 1 heterocycles. The Hall–Kier alpha value is -0.740. The van der Waals surface area contributed by atoms with Crippen molar-refractivity contribution in [3.63, 3.8) is 0 Å². The molecule has 14 heavy (non-hydrogen) atoms. The van der Waals surface area contributed by atoms with E-state index in [0.29, 0.717) is 5.56 Å². The molecule has 2 rings (SSSR count). The predicted molar refractivity (Wildman–Crippen MR) is 59.9 cm³/mol. The minimum atomic E-state index is -0.186. The van der Waals surface area contributed by atoms with Crippen LogP contribution in [0.2, 0.25) is 0 Å². The van der Waals surface area contributed by atoms with E-state index in [2.05, 4.69) is 20.9 Å². The second-order valence-corrected chi connectivity index (χ2v) is 4.61. The van der Waals surface area contributed by atoms with Crippen LogP contribution in [0.1, 0.15) is 5.56 Å². The highest BCUT2D eigenvalue weighted by atomic mass is 79.9. The zero-order valence-corrected chi connectivity index (χ0v) is 9.82. The number of aryl methyl sites for hydroxylation is 1. The number of rotatable bonds is 1. The van der Waals surface area contributed by atoms with Gasteiger partial charge in [0, 0.05) is 10.9 Å². The zero-order valence-electron chi connectivity index (χ0n) is 7.42. The maximum atomic E-state index is 13.2. The van der Waals surface area contributed by atoms with E-state index in [1.807, 2.05) is 11.4 Å². The average Bonchev–Trinajstić information content (AvgIpc) is 2.57. The van der Waals surface area contributed by atoms with Crippen molar-refractivity contribution < 1.29 is 4.39 Å². The van der Waals surface area contributed by atoms with Crippen LogP contribution in [0.5, 0.6) is 0 Å². The molecule has 0 spiro atoms. The van der Waals surface area contributed by atoms with Crippen LogP contribution < -0.4 is 0 Å². The predicted octanol–water partition coefficient (Wildman–Crippen LogP) is 4.02. The van der Waals surface area contributed by atoms with Gasteiger partial charge in [-0.2, -0.15) is 0 Å². The number of halogens is 2. The summed E-state index contributed by atoms with van der Waals surface area (Å²) in [5.74, 6) is -0.186. The number of benzene rings is 1.